The average molecular weight is 302 g/mol. The Morgan fingerprint density at radius 3 is 2.68 bits per heavy atom. The molecule has 0 bridgehead atoms. The van der Waals surface area contributed by atoms with Gasteiger partial charge in [0.15, 0.2) is 0 Å². The van der Waals surface area contributed by atoms with Gasteiger partial charge in [-0.1, -0.05) is 11.6 Å². The molecule has 0 radical (unpaired) electrons. The highest BCUT2D eigenvalue weighted by Crippen LogP contribution is 2.35. The normalized spacial score (nSPS) is 19.9. The number of likely N-dealkylation sites (tertiary alicyclic amines) is 1. The van der Waals surface area contributed by atoms with Crippen molar-refractivity contribution in [2.24, 2.45) is 0 Å². The van der Waals surface area contributed by atoms with Gasteiger partial charge in [0.05, 0.1) is 4.34 Å². The molecule has 0 spiro atoms. The van der Waals surface area contributed by atoms with Crippen LogP contribution in [0.25, 0.3) is 0 Å². The van der Waals surface area contributed by atoms with Crippen LogP contribution in [0.5, 0.6) is 0 Å². The molecule has 0 N–H and O–H groups in total. The molecule has 1 fully saturated rings. The third-order valence-electron chi connectivity index (χ3n) is 2.74. The number of thiophene rings is 1. The van der Waals surface area contributed by atoms with Crippen molar-refractivity contribution in [1.29, 1.82) is 0 Å². The van der Waals surface area contributed by atoms with E-state index in [-0.39, 0.29) is 11.8 Å². The highest BCUT2D eigenvalue weighted by molar-refractivity contribution is 7.16. The Balaban J connectivity index is 2.05. The molecule has 1 aromatic heterocycles. The Bertz CT molecular complexity index is 506. The Hall–Kier alpha value is -1.07. The number of hydrogen-bond donors (Lipinski definition) is 0. The molecule has 19 heavy (non-hydrogen) atoms. The Morgan fingerprint density at radius 2 is 2.16 bits per heavy atom. The number of ether oxygens (including phenoxy) is 1. The fourth-order valence-electron chi connectivity index (χ4n) is 1.94. The van der Waals surface area contributed by atoms with E-state index in [0.717, 1.165) is 4.88 Å². The van der Waals surface area contributed by atoms with Gasteiger partial charge in [-0.15, -0.1) is 11.3 Å². The van der Waals surface area contributed by atoms with Crippen molar-refractivity contribution in [3.8, 4) is 0 Å². The van der Waals surface area contributed by atoms with E-state index in [4.69, 9.17) is 16.3 Å². The molecule has 104 valence electrons. The van der Waals surface area contributed by atoms with Crippen molar-refractivity contribution in [1.82, 2.24) is 4.90 Å². The number of amides is 2. The van der Waals surface area contributed by atoms with E-state index in [2.05, 4.69) is 0 Å². The zero-order chi connectivity index (χ0) is 14.2. The molecule has 1 aliphatic rings. The van der Waals surface area contributed by atoms with E-state index in [1.54, 1.807) is 20.8 Å². The van der Waals surface area contributed by atoms with Crippen LogP contribution in [0.1, 0.15) is 38.0 Å². The number of imide groups is 1. The summed E-state index contributed by atoms with van der Waals surface area (Å²) in [5.41, 5.74) is -0.596. The summed E-state index contributed by atoms with van der Waals surface area (Å²) in [6, 6.07) is 3.71. The second kappa shape index (κ2) is 5.13. The van der Waals surface area contributed by atoms with Gasteiger partial charge in [0.2, 0.25) is 5.91 Å². The number of hydrogen-bond acceptors (Lipinski definition) is 4. The number of rotatable bonds is 1. The minimum atomic E-state index is -0.596. The fraction of sp³-hybridized carbons (Fsp3) is 0.538. The minimum absolute atomic E-state index is 0.0255. The van der Waals surface area contributed by atoms with Crippen LogP contribution in [-0.2, 0) is 9.53 Å². The molecular formula is C13H16ClNO3S. The van der Waals surface area contributed by atoms with E-state index in [1.807, 2.05) is 12.1 Å². The summed E-state index contributed by atoms with van der Waals surface area (Å²) >= 11 is 7.34. The molecule has 2 amide bonds. The van der Waals surface area contributed by atoms with Crippen molar-refractivity contribution in [3.63, 3.8) is 0 Å². The zero-order valence-corrected chi connectivity index (χ0v) is 12.7. The van der Waals surface area contributed by atoms with Crippen LogP contribution >= 0.6 is 22.9 Å². The molecule has 0 unspecified atom stereocenters. The van der Waals surface area contributed by atoms with Crippen molar-refractivity contribution < 1.29 is 14.3 Å². The van der Waals surface area contributed by atoms with Crippen LogP contribution in [0.4, 0.5) is 4.79 Å². The SMILES string of the molecule is CC(C)(C)OC(=O)N1C[C@H](c2ccc(Cl)s2)CC1=O. The van der Waals surface area contributed by atoms with Gasteiger partial charge in [0.1, 0.15) is 5.60 Å². The third kappa shape index (κ3) is 3.48. The lowest BCUT2D eigenvalue weighted by molar-refractivity contribution is -0.126. The molecule has 4 nitrogen and oxygen atoms in total. The van der Waals surface area contributed by atoms with Gasteiger partial charge in [0.25, 0.3) is 0 Å². The summed E-state index contributed by atoms with van der Waals surface area (Å²) in [4.78, 5) is 26.0. The molecule has 2 rings (SSSR count). The maximum Gasteiger partial charge on any atom is 0.417 e. The lowest BCUT2D eigenvalue weighted by Crippen LogP contribution is -2.37. The Kier molecular flexibility index (Phi) is 3.87. The highest BCUT2D eigenvalue weighted by atomic mass is 35.5. The van der Waals surface area contributed by atoms with Gasteiger partial charge in [0, 0.05) is 23.8 Å². The average Bonchev–Trinajstić information content (AvgIpc) is 2.82. The first-order valence-corrected chi connectivity index (χ1v) is 7.24. The lowest BCUT2D eigenvalue weighted by atomic mass is 10.1. The first-order valence-electron chi connectivity index (χ1n) is 6.05. The van der Waals surface area contributed by atoms with E-state index in [0.29, 0.717) is 17.3 Å². The number of carbonyl (C=O) groups is 2. The third-order valence-corrected chi connectivity index (χ3v) is 4.13. The van der Waals surface area contributed by atoms with Crippen LogP contribution in [0.15, 0.2) is 12.1 Å². The first kappa shape index (κ1) is 14.3. The largest absolute Gasteiger partial charge is 0.443 e. The van der Waals surface area contributed by atoms with E-state index in [1.165, 1.54) is 16.2 Å². The van der Waals surface area contributed by atoms with Gasteiger partial charge in [-0.05, 0) is 32.9 Å². The monoisotopic (exact) mass is 301 g/mol. The highest BCUT2D eigenvalue weighted by Gasteiger charge is 2.37. The summed E-state index contributed by atoms with van der Waals surface area (Å²) in [5, 5.41) is 0. The quantitative estimate of drug-likeness (QED) is 0.795. The standard InChI is InChI=1S/C13H16ClNO3S/c1-13(2,3)18-12(17)15-7-8(6-11(15)16)9-4-5-10(14)19-9/h4-5,8H,6-7H2,1-3H3/t8-/m1/s1. The predicted molar refractivity (Wildman–Crippen MR) is 74.6 cm³/mol. The molecule has 2 heterocycles. The summed E-state index contributed by atoms with van der Waals surface area (Å²) in [5.74, 6) is -0.165. The van der Waals surface area contributed by atoms with Gasteiger partial charge < -0.3 is 4.74 Å². The van der Waals surface area contributed by atoms with Gasteiger partial charge >= 0.3 is 6.09 Å². The van der Waals surface area contributed by atoms with Gasteiger partial charge in [-0.25, -0.2) is 9.69 Å². The van der Waals surface area contributed by atoms with Crippen LogP contribution in [0.3, 0.4) is 0 Å². The maximum absolute atomic E-state index is 11.9. The molecule has 0 aromatic carbocycles. The smallest absolute Gasteiger partial charge is 0.417 e. The van der Waals surface area contributed by atoms with Gasteiger partial charge in [-0.3, -0.25) is 4.79 Å². The molecule has 1 aromatic rings. The topological polar surface area (TPSA) is 46.6 Å². The van der Waals surface area contributed by atoms with E-state index < -0.39 is 11.7 Å². The number of carbonyl (C=O) groups excluding carboxylic acids is 2. The van der Waals surface area contributed by atoms with Crippen molar-refractivity contribution in [2.45, 2.75) is 38.7 Å². The second-order valence-corrected chi connectivity index (χ2v) is 7.27. The van der Waals surface area contributed by atoms with Crippen LogP contribution in [-0.4, -0.2) is 29.0 Å². The predicted octanol–water partition coefficient (Wildman–Crippen LogP) is 3.65. The summed E-state index contributed by atoms with van der Waals surface area (Å²) in [6.07, 6.45) is -0.238. The summed E-state index contributed by atoms with van der Waals surface area (Å²) in [6.45, 7) is 5.70. The van der Waals surface area contributed by atoms with Crippen LogP contribution < -0.4 is 0 Å². The number of nitrogens with zero attached hydrogens (tertiary/aromatic N) is 1. The molecular weight excluding hydrogens is 286 g/mol. The molecule has 1 saturated heterocycles. The number of halogens is 1. The van der Waals surface area contributed by atoms with Crippen LogP contribution in [0, 0.1) is 0 Å². The van der Waals surface area contributed by atoms with Crippen molar-refractivity contribution in [2.75, 3.05) is 6.54 Å². The first-order chi connectivity index (χ1) is 8.76. The van der Waals surface area contributed by atoms with Gasteiger partial charge in [-0.2, -0.15) is 0 Å². The molecule has 1 atom stereocenters. The second-order valence-electron chi connectivity index (χ2n) is 5.53. The minimum Gasteiger partial charge on any atom is -0.443 e. The zero-order valence-electron chi connectivity index (χ0n) is 11.1. The fourth-order valence-corrected chi connectivity index (χ4v) is 3.09. The van der Waals surface area contributed by atoms with Crippen LogP contribution in [0.2, 0.25) is 4.34 Å². The Labute approximate surface area is 121 Å². The molecule has 0 saturated carbocycles. The molecule has 6 heteroatoms. The Morgan fingerprint density at radius 1 is 1.47 bits per heavy atom. The molecule has 0 aliphatic carbocycles. The molecule has 1 aliphatic heterocycles. The lowest BCUT2D eigenvalue weighted by Gasteiger charge is -2.23. The maximum atomic E-state index is 11.9. The summed E-state index contributed by atoms with van der Waals surface area (Å²) in [7, 11) is 0. The van der Waals surface area contributed by atoms with Crippen molar-refractivity contribution >= 4 is 34.9 Å². The van der Waals surface area contributed by atoms with E-state index in [9.17, 15) is 9.59 Å². The van der Waals surface area contributed by atoms with Crippen molar-refractivity contribution in [3.05, 3.63) is 21.3 Å². The summed E-state index contributed by atoms with van der Waals surface area (Å²) < 4.78 is 5.92. The van der Waals surface area contributed by atoms with E-state index >= 15 is 0 Å².